The summed E-state index contributed by atoms with van der Waals surface area (Å²) in [6.45, 7) is 2.01. The molecule has 1 fully saturated rings. The molecule has 0 atom stereocenters. The second kappa shape index (κ2) is 4.55. The van der Waals surface area contributed by atoms with Crippen LogP contribution in [0, 0.1) is 6.92 Å². The first-order valence-electron chi connectivity index (χ1n) is 6.66. The van der Waals surface area contributed by atoms with Crippen LogP contribution in [0.25, 0.3) is 5.82 Å². The van der Waals surface area contributed by atoms with Crippen LogP contribution in [0.15, 0.2) is 12.4 Å². The van der Waals surface area contributed by atoms with Gasteiger partial charge in [0, 0.05) is 19.0 Å². The van der Waals surface area contributed by atoms with Gasteiger partial charge in [0.2, 0.25) is 0 Å². The lowest BCUT2D eigenvalue weighted by Crippen LogP contribution is -2.13. The molecule has 0 spiro atoms. The lowest BCUT2D eigenvalue weighted by Gasteiger charge is -2.21. The van der Waals surface area contributed by atoms with Gasteiger partial charge in [0.25, 0.3) is 0 Å². The number of aromatic nitrogens is 5. The lowest BCUT2D eigenvalue weighted by atomic mass is 9.89. The molecule has 0 aromatic carbocycles. The van der Waals surface area contributed by atoms with Gasteiger partial charge in [-0.3, -0.25) is 9.25 Å². The quantitative estimate of drug-likeness (QED) is 0.816. The molecule has 2 aromatic heterocycles. The number of hydrogen-bond donors (Lipinski definition) is 0. The molecule has 1 aliphatic rings. The largest absolute Gasteiger partial charge is 0.269 e. The Hall–Kier alpha value is -1.65. The molecule has 0 aliphatic heterocycles. The predicted molar refractivity (Wildman–Crippen MR) is 68.7 cm³/mol. The van der Waals surface area contributed by atoms with Gasteiger partial charge < -0.3 is 0 Å². The fourth-order valence-corrected chi connectivity index (χ4v) is 2.88. The van der Waals surface area contributed by atoms with Crippen LogP contribution in [0.3, 0.4) is 0 Å². The van der Waals surface area contributed by atoms with Crippen molar-refractivity contribution in [2.24, 2.45) is 7.05 Å². The molecular formula is C13H19N5. The number of nitrogens with zero attached hydrogens (tertiary/aromatic N) is 5. The molecular weight excluding hydrogens is 226 g/mol. The van der Waals surface area contributed by atoms with Crippen LogP contribution in [-0.4, -0.2) is 24.5 Å². The molecule has 0 unspecified atom stereocenters. The van der Waals surface area contributed by atoms with Gasteiger partial charge in [0.1, 0.15) is 18.0 Å². The summed E-state index contributed by atoms with van der Waals surface area (Å²) in [6.07, 6.45) is 8.24. The van der Waals surface area contributed by atoms with Gasteiger partial charge in [-0.05, 0) is 19.8 Å². The van der Waals surface area contributed by atoms with E-state index in [1.807, 2.05) is 18.7 Å². The van der Waals surface area contributed by atoms with E-state index in [-0.39, 0.29) is 0 Å². The summed E-state index contributed by atoms with van der Waals surface area (Å²) >= 11 is 0. The Bertz CT molecular complexity index is 533. The minimum Gasteiger partial charge on any atom is -0.269 e. The number of hydrogen-bond acceptors (Lipinski definition) is 3. The minimum atomic E-state index is 0.552. The van der Waals surface area contributed by atoms with E-state index in [4.69, 9.17) is 0 Å². The van der Waals surface area contributed by atoms with Crippen LogP contribution < -0.4 is 0 Å². The van der Waals surface area contributed by atoms with Gasteiger partial charge in [0.15, 0.2) is 0 Å². The SMILES string of the molecule is Cc1cc(-n2cnnc2C2CCCCC2)n(C)n1. The maximum Gasteiger partial charge on any atom is 0.141 e. The maximum absolute atomic E-state index is 4.39. The Balaban J connectivity index is 1.98. The Labute approximate surface area is 107 Å². The zero-order valence-electron chi connectivity index (χ0n) is 11.0. The normalized spacial score (nSPS) is 17.2. The summed E-state index contributed by atoms with van der Waals surface area (Å²) < 4.78 is 3.99. The van der Waals surface area contributed by atoms with Crippen molar-refractivity contribution in [3.8, 4) is 5.82 Å². The average Bonchev–Trinajstić information content (AvgIpc) is 2.96. The summed E-state index contributed by atoms with van der Waals surface area (Å²) in [5.41, 5.74) is 1.02. The summed E-state index contributed by atoms with van der Waals surface area (Å²) in [7, 11) is 1.97. The Kier molecular flexibility index (Phi) is 2.89. The number of rotatable bonds is 2. The van der Waals surface area contributed by atoms with Crippen molar-refractivity contribution in [1.82, 2.24) is 24.5 Å². The molecule has 0 bridgehead atoms. The Morgan fingerprint density at radius 3 is 2.67 bits per heavy atom. The van der Waals surface area contributed by atoms with E-state index in [1.165, 1.54) is 32.1 Å². The zero-order valence-corrected chi connectivity index (χ0v) is 11.0. The lowest BCUT2D eigenvalue weighted by molar-refractivity contribution is 0.423. The molecule has 1 aliphatic carbocycles. The molecule has 3 rings (SSSR count). The highest BCUT2D eigenvalue weighted by molar-refractivity contribution is 5.27. The zero-order chi connectivity index (χ0) is 12.5. The highest BCUT2D eigenvalue weighted by Gasteiger charge is 2.22. The molecule has 18 heavy (non-hydrogen) atoms. The van der Waals surface area contributed by atoms with E-state index in [0.717, 1.165) is 17.3 Å². The van der Waals surface area contributed by atoms with E-state index in [2.05, 4.69) is 25.9 Å². The standard InChI is InChI=1S/C13H19N5/c1-10-8-12(17(2)16-10)18-9-14-15-13(18)11-6-4-3-5-7-11/h8-9,11H,3-7H2,1-2H3. The second-order valence-corrected chi connectivity index (χ2v) is 5.16. The van der Waals surface area contributed by atoms with Gasteiger partial charge in [-0.15, -0.1) is 10.2 Å². The first kappa shape index (κ1) is 11.4. The van der Waals surface area contributed by atoms with Crippen molar-refractivity contribution in [3.63, 3.8) is 0 Å². The summed E-state index contributed by atoms with van der Waals surface area (Å²) in [5, 5.41) is 12.8. The second-order valence-electron chi connectivity index (χ2n) is 5.16. The molecule has 2 heterocycles. The molecule has 0 amide bonds. The Morgan fingerprint density at radius 1 is 1.22 bits per heavy atom. The van der Waals surface area contributed by atoms with Crippen molar-refractivity contribution in [1.29, 1.82) is 0 Å². The fourth-order valence-electron chi connectivity index (χ4n) is 2.88. The van der Waals surface area contributed by atoms with Crippen molar-refractivity contribution in [2.45, 2.75) is 44.9 Å². The minimum absolute atomic E-state index is 0.552. The van der Waals surface area contributed by atoms with Crippen LogP contribution in [0.4, 0.5) is 0 Å². The van der Waals surface area contributed by atoms with E-state index in [1.54, 1.807) is 6.33 Å². The van der Waals surface area contributed by atoms with Crippen LogP contribution in [-0.2, 0) is 7.05 Å². The summed E-state index contributed by atoms with van der Waals surface area (Å²) in [5.74, 6) is 2.70. The van der Waals surface area contributed by atoms with E-state index < -0.39 is 0 Å². The van der Waals surface area contributed by atoms with Crippen LogP contribution in [0.1, 0.15) is 49.5 Å². The third-order valence-electron chi connectivity index (χ3n) is 3.77. The highest BCUT2D eigenvalue weighted by atomic mass is 15.4. The summed E-state index contributed by atoms with van der Waals surface area (Å²) in [6, 6.07) is 2.08. The average molecular weight is 245 g/mol. The monoisotopic (exact) mass is 245 g/mol. The molecule has 5 heteroatoms. The number of aryl methyl sites for hydroxylation is 2. The topological polar surface area (TPSA) is 48.5 Å². The molecule has 1 saturated carbocycles. The van der Waals surface area contributed by atoms with Gasteiger partial charge in [0.05, 0.1) is 5.69 Å². The molecule has 5 nitrogen and oxygen atoms in total. The van der Waals surface area contributed by atoms with E-state index >= 15 is 0 Å². The summed E-state index contributed by atoms with van der Waals surface area (Å²) in [4.78, 5) is 0. The van der Waals surface area contributed by atoms with Gasteiger partial charge in [-0.2, -0.15) is 5.10 Å². The van der Waals surface area contributed by atoms with Crippen molar-refractivity contribution >= 4 is 0 Å². The Morgan fingerprint density at radius 2 is 2.00 bits per heavy atom. The smallest absolute Gasteiger partial charge is 0.141 e. The first-order chi connectivity index (χ1) is 8.75. The van der Waals surface area contributed by atoms with E-state index in [0.29, 0.717) is 5.92 Å². The van der Waals surface area contributed by atoms with E-state index in [9.17, 15) is 0 Å². The third kappa shape index (κ3) is 1.94. The highest BCUT2D eigenvalue weighted by Crippen LogP contribution is 2.32. The molecule has 0 radical (unpaired) electrons. The molecule has 0 saturated heterocycles. The molecule has 2 aromatic rings. The fraction of sp³-hybridized carbons (Fsp3) is 0.615. The molecule has 96 valence electrons. The third-order valence-corrected chi connectivity index (χ3v) is 3.77. The van der Waals surface area contributed by atoms with Gasteiger partial charge >= 0.3 is 0 Å². The predicted octanol–water partition coefficient (Wildman–Crippen LogP) is 2.36. The first-order valence-corrected chi connectivity index (χ1v) is 6.66. The van der Waals surface area contributed by atoms with Gasteiger partial charge in [-0.25, -0.2) is 0 Å². The van der Waals surface area contributed by atoms with Crippen LogP contribution >= 0.6 is 0 Å². The maximum atomic E-state index is 4.39. The van der Waals surface area contributed by atoms with Crippen molar-refractivity contribution < 1.29 is 0 Å². The molecule has 0 N–H and O–H groups in total. The van der Waals surface area contributed by atoms with Crippen molar-refractivity contribution in [2.75, 3.05) is 0 Å². The van der Waals surface area contributed by atoms with Crippen molar-refractivity contribution in [3.05, 3.63) is 23.9 Å². The van der Waals surface area contributed by atoms with Crippen LogP contribution in [0.5, 0.6) is 0 Å². The van der Waals surface area contributed by atoms with Gasteiger partial charge in [-0.1, -0.05) is 19.3 Å². The van der Waals surface area contributed by atoms with Crippen LogP contribution in [0.2, 0.25) is 0 Å².